The minimum absolute atomic E-state index is 0. The highest BCUT2D eigenvalue weighted by Gasteiger charge is 2.27. The van der Waals surface area contributed by atoms with Crippen LogP contribution in [0.5, 0.6) is 0 Å². The number of nitrogens with two attached hydrogens (primary N) is 1. The summed E-state index contributed by atoms with van der Waals surface area (Å²) in [5, 5.41) is 3.01. The van der Waals surface area contributed by atoms with E-state index < -0.39 is 0 Å². The van der Waals surface area contributed by atoms with Crippen LogP contribution >= 0.6 is 12.4 Å². The predicted molar refractivity (Wildman–Crippen MR) is 85.5 cm³/mol. The zero-order chi connectivity index (χ0) is 13.9. The Hall–Kier alpha value is -1.06. The molecule has 1 aliphatic rings. The third-order valence-electron chi connectivity index (χ3n) is 4.09. The Bertz CT molecular complexity index is 468. The summed E-state index contributed by atoms with van der Waals surface area (Å²) in [6, 6.07) is 5.95. The van der Waals surface area contributed by atoms with Crippen LogP contribution in [0.3, 0.4) is 0 Å². The summed E-state index contributed by atoms with van der Waals surface area (Å²) in [5.41, 5.74) is 9.02. The van der Waals surface area contributed by atoms with E-state index in [0.29, 0.717) is 6.54 Å². The summed E-state index contributed by atoms with van der Waals surface area (Å²) in [6.45, 7) is 4.55. The average Bonchev–Trinajstić information content (AvgIpc) is 2.40. The zero-order valence-corrected chi connectivity index (χ0v) is 13.2. The normalized spacial score (nSPS) is 17.1. The number of benzene rings is 1. The van der Waals surface area contributed by atoms with Gasteiger partial charge in [0, 0.05) is 17.6 Å². The highest BCUT2D eigenvalue weighted by Crippen LogP contribution is 2.25. The highest BCUT2D eigenvalue weighted by atomic mass is 35.5. The van der Waals surface area contributed by atoms with E-state index >= 15 is 0 Å². The van der Waals surface area contributed by atoms with Crippen molar-refractivity contribution in [1.29, 1.82) is 0 Å². The molecule has 1 fully saturated rings. The average molecular weight is 297 g/mol. The lowest BCUT2D eigenvalue weighted by atomic mass is 9.82. The molecule has 3 N–H and O–H groups in total. The molecular weight excluding hydrogens is 272 g/mol. The molecule has 1 amide bonds. The molecular formula is C16H25ClN2O. The van der Waals surface area contributed by atoms with Gasteiger partial charge in [-0.2, -0.15) is 0 Å². The lowest BCUT2D eigenvalue weighted by Crippen LogP contribution is -2.51. The molecule has 1 aromatic carbocycles. The molecule has 3 nitrogen and oxygen atoms in total. The maximum Gasteiger partial charge on any atom is 0.251 e. The van der Waals surface area contributed by atoms with E-state index in [0.717, 1.165) is 29.5 Å². The predicted octanol–water partition coefficient (Wildman–Crippen LogP) is 3.12. The Morgan fingerprint density at radius 3 is 2.55 bits per heavy atom. The lowest BCUT2D eigenvalue weighted by Gasteiger charge is -2.33. The van der Waals surface area contributed by atoms with Crippen LogP contribution in [0.15, 0.2) is 18.2 Å². The first kappa shape index (κ1) is 17.0. The molecule has 0 atom stereocenters. The molecule has 4 heteroatoms. The molecule has 1 aliphatic carbocycles. The van der Waals surface area contributed by atoms with E-state index in [-0.39, 0.29) is 23.9 Å². The highest BCUT2D eigenvalue weighted by molar-refractivity contribution is 5.95. The smallest absolute Gasteiger partial charge is 0.251 e. The first-order valence-corrected chi connectivity index (χ1v) is 7.15. The van der Waals surface area contributed by atoms with Crippen LogP contribution in [0, 0.1) is 13.8 Å². The second-order valence-electron chi connectivity index (χ2n) is 5.92. The van der Waals surface area contributed by atoms with Crippen molar-refractivity contribution in [2.75, 3.05) is 6.54 Å². The van der Waals surface area contributed by atoms with Crippen molar-refractivity contribution in [3.8, 4) is 0 Å². The Kier molecular flexibility index (Phi) is 6.03. The first-order valence-electron chi connectivity index (χ1n) is 7.15. The van der Waals surface area contributed by atoms with Crippen molar-refractivity contribution in [3.05, 3.63) is 34.9 Å². The van der Waals surface area contributed by atoms with E-state index in [1.165, 1.54) is 19.3 Å². The van der Waals surface area contributed by atoms with Gasteiger partial charge in [0.2, 0.25) is 0 Å². The number of hydrogen-bond acceptors (Lipinski definition) is 2. The number of nitrogens with one attached hydrogen (secondary N) is 1. The van der Waals surface area contributed by atoms with Gasteiger partial charge in [-0.25, -0.2) is 0 Å². The standard InChI is InChI=1S/C16H24N2O.ClH/c1-12-6-7-13(2)14(10-12)15(19)18-11-16(17)8-4-3-5-9-16;/h6-7,10H,3-5,8-9,11,17H2,1-2H3,(H,18,19);1H. The molecule has 0 aliphatic heterocycles. The van der Waals surface area contributed by atoms with E-state index in [4.69, 9.17) is 5.73 Å². The van der Waals surface area contributed by atoms with Gasteiger partial charge in [0.1, 0.15) is 0 Å². The fourth-order valence-electron chi connectivity index (χ4n) is 2.76. The molecule has 0 radical (unpaired) electrons. The van der Waals surface area contributed by atoms with Gasteiger partial charge >= 0.3 is 0 Å². The lowest BCUT2D eigenvalue weighted by molar-refractivity contribution is 0.0937. The van der Waals surface area contributed by atoms with Gasteiger partial charge in [0.25, 0.3) is 5.91 Å². The SMILES string of the molecule is Cc1ccc(C)c(C(=O)NCC2(N)CCCCC2)c1.Cl. The third-order valence-corrected chi connectivity index (χ3v) is 4.09. The Balaban J connectivity index is 0.00000200. The number of hydrogen-bond donors (Lipinski definition) is 2. The van der Waals surface area contributed by atoms with Gasteiger partial charge in [-0.15, -0.1) is 12.4 Å². The molecule has 0 bridgehead atoms. The monoisotopic (exact) mass is 296 g/mol. The topological polar surface area (TPSA) is 55.1 Å². The van der Waals surface area contributed by atoms with E-state index in [1.807, 2.05) is 32.0 Å². The summed E-state index contributed by atoms with van der Waals surface area (Å²) in [4.78, 5) is 12.2. The maximum atomic E-state index is 12.2. The fraction of sp³-hybridized carbons (Fsp3) is 0.562. The quantitative estimate of drug-likeness (QED) is 0.900. The van der Waals surface area contributed by atoms with Crippen molar-refractivity contribution in [2.45, 2.75) is 51.5 Å². The van der Waals surface area contributed by atoms with Gasteiger partial charge < -0.3 is 11.1 Å². The van der Waals surface area contributed by atoms with Crippen molar-refractivity contribution in [1.82, 2.24) is 5.32 Å². The number of carbonyl (C=O) groups excluding carboxylic acids is 1. The number of carbonyl (C=O) groups is 1. The molecule has 0 saturated heterocycles. The van der Waals surface area contributed by atoms with Crippen LogP contribution in [-0.2, 0) is 0 Å². The molecule has 0 unspecified atom stereocenters. The minimum Gasteiger partial charge on any atom is -0.350 e. The Morgan fingerprint density at radius 2 is 1.90 bits per heavy atom. The Morgan fingerprint density at radius 1 is 1.25 bits per heavy atom. The van der Waals surface area contributed by atoms with E-state index in [9.17, 15) is 4.79 Å². The molecule has 0 spiro atoms. The summed E-state index contributed by atoms with van der Waals surface area (Å²) in [7, 11) is 0. The molecule has 1 saturated carbocycles. The molecule has 0 aromatic heterocycles. The van der Waals surface area contributed by atoms with Gasteiger partial charge in [-0.05, 0) is 38.3 Å². The Labute approximate surface area is 127 Å². The number of aryl methyl sites for hydroxylation is 2. The van der Waals surface area contributed by atoms with Gasteiger partial charge in [0.15, 0.2) is 0 Å². The third kappa shape index (κ3) is 4.22. The van der Waals surface area contributed by atoms with E-state index in [2.05, 4.69) is 5.32 Å². The van der Waals surface area contributed by atoms with Crippen molar-refractivity contribution >= 4 is 18.3 Å². The fourth-order valence-corrected chi connectivity index (χ4v) is 2.76. The second-order valence-corrected chi connectivity index (χ2v) is 5.92. The van der Waals surface area contributed by atoms with Crippen LogP contribution in [0.1, 0.15) is 53.6 Å². The van der Waals surface area contributed by atoms with Crippen LogP contribution in [0.2, 0.25) is 0 Å². The van der Waals surface area contributed by atoms with Crippen molar-refractivity contribution < 1.29 is 4.79 Å². The van der Waals surface area contributed by atoms with Crippen LogP contribution in [0.25, 0.3) is 0 Å². The summed E-state index contributed by atoms with van der Waals surface area (Å²) < 4.78 is 0. The number of amides is 1. The number of halogens is 1. The molecule has 0 heterocycles. The van der Waals surface area contributed by atoms with Crippen molar-refractivity contribution in [3.63, 3.8) is 0 Å². The van der Waals surface area contributed by atoms with Gasteiger partial charge in [-0.1, -0.05) is 37.0 Å². The zero-order valence-electron chi connectivity index (χ0n) is 12.4. The summed E-state index contributed by atoms with van der Waals surface area (Å²) in [5.74, 6) is -0.00315. The first-order chi connectivity index (χ1) is 9.00. The van der Waals surface area contributed by atoms with Crippen molar-refractivity contribution in [2.24, 2.45) is 5.73 Å². The van der Waals surface area contributed by atoms with Crippen LogP contribution < -0.4 is 11.1 Å². The van der Waals surface area contributed by atoms with Crippen LogP contribution in [-0.4, -0.2) is 18.0 Å². The minimum atomic E-state index is -0.203. The molecule has 20 heavy (non-hydrogen) atoms. The number of rotatable bonds is 3. The van der Waals surface area contributed by atoms with Crippen LogP contribution in [0.4, 0.5) is 0 Å². The summed E-state index contributed by atoms with van der Waals surface area (Å²) >= 11 is 0. The summed E-state index contributed by atoms with van der Waals surface area (Å²) in [6.07, 6.45) is 5.65. The van der Waals surface area contributed by atoms with Gasteiger partial charge in [0.05, 0.1) is 0 Å². The molecule has 1 aromatic rings. The maximum absolute atomic E-state index is 12.2. The largest absolute Gasteiger partial charge is 0.350 e. The molecule has 112 valence electrons. The molecule has 2 rings (SSSR count). The second kappa shape index (κ2) is 7.09. The van der Waals surface area contributed by atoms with Gasteiger partial charge in [-0.3, -0.25) is 4.79 Å². The van der Waals surface area contributed by atoms with E-state index in [1.54, 1.807) is 0 Å².